The molecule has 10 rings (SSSR count). The molecular formula is C58H46N3O7S+. The van der Waals surface area contributed by atoms with Crippen LogP contribution in [0.15, 0.2) is 164 Å². The first-order chi connectivity index (χ1) is 33.4. The van der Waals surface area contributed by atoms with Crippen LogP contribution in [0.1, 0.15) is 91.5 Å². The lowest BCUT2D eigenvalue weighted by Gasteiger charge is -2.21. The number of phenols is 3. The Labute approximate surface area is 402 Å². The third-order valence-electron chi connectivity index (χ3n) is 12.3. The Morgan fingerprint density at radius 1 is 0.580 bits per heavy atom. The first kappa shape index (κ1) is 45.8. The number of aromatic nitrogens is 1. The summed E-state index contributed by atoms with van der Waals surface area (Å²) in [7, 11) is 6.09. The van der Waals surface area contributed by atoms with E-state index in [0.717, 1.165) is 35.8 Å². The maximum absolute atomic E-state index is 13.1. The lowest BCUT2D eigenvalue weighted by atomic mass is 9.81. The van der Waals surface area contributed by atoms with Crippen molar-refractivity contribution < 1.29 is 34.5 Å². The number of rotatable bonds is 10. The highest BCUT2D eigenvalue weighted by Gasteiger charge is 2.36. The summed E-state index contributed by atoms with van der Waals surface area (Å²) < 4.78 is 3.33. The second-order valence-electron chi connectivity index (χ2n) is 17.0. The van der Waals surface area contributed by atoms with Gasteiger partial charge in [0.2, 0.25) is 5.36 Å². The molecule has 0 saturated carbocycles. The monoisotopic (exact) mass is 928 g/mol. The average molecular weight is 929 g/mol. The van der Waals surface area contributed by atoms with E-state index in [-0.39, 0.29) is 46.0 Å². The van der Waals surface area contributed by atoms with Gasteiger partial charge in [-0.2, -0.15) is 0 Å². The van der Waals surface area contributed by atoms with E-state index in [2.05, 4.69) is 66.5 Å². The Balaban J connectivity index is 0.000000172. The summed E-state index contributed by atoms with van der Waals surface area (Å²) >= 11 is 1.80. The van der Waals surface area contributed by atoms with Crippen LogP contribution in [0.3, 0.4) is 0 Å². The minimum absolute atomic E-state index is 0.0385. The standard InChI is InChI=1S/C30H28N3OS.C28H18O6/c1-31-19-23-13-15-27-30(35-28-18-24(33(2)3)14-16-26(28)32-27)25(23)17-20-9-11-22(12-10-20)29(34)21-7-5-4-6-8-21;29-21-13-12-20-23(28(21)34)27(33)19-11-10-18(25(31)22(19)26(20)32)14-15-6-8-17(9-7-15)24(30)16-4-2-1-3-5-16/h4-16,18,31H,17,19H2,1-3H3;1-13,29,31,34H,14H2/q+1;. The van der Waals surface area contributed by atoms with Gasteiger partial charge in [0.25, 0.3) is 0 Å². The van der Waals surface area contributed by atoms with Crippen molar-refractivity contribution in [3.8, 4) is 27.8 Å². The van der Waals surface area contributed by atoms with Gasteiger partial charge in [0.05, 0.1) is 31.9 Å². The number of carbonyl (C=O) groups is 4. The second-order valence-corrected chi connectivity index (χ2v) is 18.0. The van der Waals surface area contributed by atoms with E-state index in [4.69, 9.17) is 4.98 Å². The molecule has 0 bridgehead atoms. The number of ketones is 4. The summed E-state index contributed by atoms with van der Waals surface area (Å²) in [6, 6.07) is 49.5. The Bertz CT molecular complexity index is 3510. The van der Waals surface area contributed by atoms with Gasteiger partial charge in [-0.1, -0.05) is 121 Å². The highest BCUT2D eigenvalue weighted by Crippen LogP contribution is 2.41. The maximum atomic E-state index is 13.1. The van der Waals surface area contributed by atoms with Crippen LogP contribution in [0.25, 0.3) is 20.8 Å². The highest BCUT2D eigenvalue weighted by atomic mass is 32.1. The van der Waals surface area contributed by atoms with Crippen LogP contribution in [0.5, 0.6) is 17.2 Å². The van der Waals surface area contributed by atoms with Gasteiger partial charge in [-0.3, -0.25) is 19.2 Å². The number of fused-ring (bicyclic) bond motifs is 4. The summed E-state index contributed by atoms with van der Waals surface area (Å²) in [5.74, 6) is -2.77. The smallest absolute Gasteiger partial charge is 0.201 e. The molecule has 69 heavy (non-hydrogen) atoms. The number of benzene rings is 8. The molecule has 0 amide bonds. The van der Waals surface area contributed by atoms with E-state index < -0.39 is 23.1 Å². The summed E-state index contributed by atoms with van der Waals surface area (Å²) in [6.07, 6.45) is 1.05. The normalized spacial score (nSPS) is 11.7. The molecule has 3 aliphatic rings. The van der Waals surface area contributed by atoms with Crippen LogP contribution < -0.4 is 15.2 Å². The van der Waals surface area contributed by atoms with E-state index in [0.29, 0.717) is 27.8 Å². The van der Waals surface area contributed by atoms with Crippen LogP contribution in [0.2, 0.25) is 0 Å². The zero-order valence-electron chi connectivity index (χ0n) is 38.0. The van der Waals surface area contributed by atoms with Gasteiger partial charge in [0.1, 0.15) is 19.8 Å². The first-order valence-corrected chi connectivity index (χ1v) is 23.1. The topological polar surface area (TPSA) is 157 Å². The number of nitrogens with zero attached hydrogens (tertiary/aromatic N) is 2. The molecule has 2 aliphatic carbocycles. The van der Waals surface area contributed by atoms with Gasteiger partial charge < -0.3 is 20.6 Å². The zero-order valence-corrected chi connectivity index (χ0v) is 38.8. The van der Waals surface area contributed by atoms with E-state index >= 15 is 0 Å². The Hall–Kier alpha value is -8.38. The second kappa shape index (κ2) is 19.5. The molecule has 0 atom stereocenters. The number of carbonyl (C=O) groups excluding carboxylic acids is 4. The van der Waals surface area contributed by atoms with Gasteiger partial charge in [0, 0.05) is 58.5 Å². The fourth-order valence-corrected chi connectivity index (χ4v) is 9.71. The summed E-state index contributed by atoms with van der Waals surface area (Å²) in [4.78, 5) is 57.5. The summed E-state index contributed by atoms with van der Waals surface area (Å²) in [5, 5.41) is 35.2. The van der Waals surface area contributed by atoms with Gasteiger partial charge in [-0.05, 0) is 71.6 Å². The quantitative estimate of drug-likeness (QED) is 0.0454. The van der Waals surface area contributed by atoms with Crippen molar-refractivity contribution in [2.45, 2.75) is 19.4 Å². The first-order valence-electron chi connectivity index (χ1n) is 22.3. The van der Waals surface area contributed by atoms with Gasteiger partial charge >= 0.3 is 0 Å². The largest absolute Gasteiger partial charge is 0.507 e. The molecule has 7 aromatic rings. The summed E-state index contributed by atoms with van der Waals surface area (Å²) in [5.41, 5.74) is 9.03. The van der Waals surface area contributed by atoms with Crippen molar-refractivity contribution in [3.05, 3.63) is 241 Å². The molecule has 11 heteroatoms. The minimum Gasteiger partial charge on any atom is -0.507 e. The Kier molecular flexibility index (Phi) is 12.9. The van der Waals surface area contributed by atoms with E-state index in [1.54, 1.807) is 65.9 Å². The summed E-state index contributed by atoms with van der Waals surface area (Å²) in [6.45, 7) is 0.790. The van der Waals surface area contributed by atoms with Crippen LogP contribution in [-0.4, -0.2) is 64.6 Å². The third-order valence-corrected chi connectivity index (χ3v) is 13.5. The van der Waals surface area contributed by atoms with Crippen molar-refractivity contribution in [2.75, 3.05) is 21.1 Å². The molecule has 4 N–H and O–H groups in total. The van der Waals surface area contributed by atoms with Crippen LogP contribution in [0.4, 0.5) is 0 Å². The Morgan fingerprint density at radius 3 is 1.67 bits per heavy atom. The molecule has 1 heterocycles. The minimum atomic E-state index is -0.657. The number of phenolic OH excluding ortho intramolecular Hbond substituents is 3. The number of aromatic hydroxyl groups is 3. The van der Waals surface area contributed by atoms with Crippen molar-refractivity contribution >= 4 is 44.7 Å². The number of nitrogens with one attached hydrogen (secondary N) is 1. The predicted octanol–water partition coefficient (Wildman–Crippen LogP) is 9.37. The van der Waals surface area contributed by atoms with Crippen molar-refractivity contribution in [2.24, 2.45) is 0 Å². The molecule has 1 aliphatic heterocycles. The predicted molar refractivity (Wildman–Crippen MR) is 269 cm³/mol. The zero-order chi connectivity index (χ0) is 48.3. The van der Waals surface area contributed by atoms with Gasteiger partial charge in [0.15, 0.2) is 34.6 Å². The molecule has 0 fully saturated rings. The lowest BCUT2D eigenvalue weighted by molar-refractivity contribution is 0.0973. The van der Waals surface area contributed by atoms with Crippen molar-refractivity contribution in [3.63, 3.8) is 0 Å². The molecule has 0 aromatic heterocycles. The number of hydrogen-bond donors (Lipinski definition) is 4. The van der Waals surface area contributed by atoms with Gasteiger partial charge in [-0.15, -0.1) is 11.3 Å². The van der Waals surface area contributed by atoms with Crippen molar-refractivity contribution in [1.82, 2.24) is 14.9 Å². The lowest BCUT2D eigenvalue weighted by Crippen LogP contribution is -2.21. The van der Waals surface area contributed by atoms with Crippen molar-refractivity contribution in [1.29, 1.82) is 0 Å². The third kappa shape index (κ3) is 9.21. The Morgan fingerprint density at radius 2 is 1.10 bits per heavy atom. The molecule has 10 nitrogen and oxygen atoms in total. The molecular weight excluding hydrogens is 883 g/mol. The highest BCUT2D eigenvalue weighted by molar-refractivity contribution is 7.21. The van der Waals surface area contributed by atoms with Crippen LogP contribution in [0, 0.1) is 0 Å². The molecule has 0 spiro atoms. The number of hydrogen-bond acceptors (Lipinski definition) is 10. The molecule has 0 unspecified atom stereocenters. The van der Waals surface area contributed by atoms with E-state index in [1.165, 1.54) is 43.8 Å². The fourth-order valence-electron chi connectivity index (χ4n) is 8.55. The molecule has 340 valence electrons. The fraction of sp³-hybridized carbons (Fsp3) is 0.103. The van der Waals surface area contributed by atoms with E-state index in [1.807, 2.05) is 55.6 Å². The average Bonchev–Trinajstić information content (AvgIpc) is 3.37. The molecule has 0 radical (unpaired) electrons. The van der Waals surface area contributed by atoms with Crippen LogP contribution >= 0.6 is 11.3 Å². The SMILES string of the molecule is CNCc1ccc2nc3ccc(=[N+](C)C)cc-3sc2c1Cc1ccc(C(=O)c2ccccc2)cc1.O=C(c1ccccc1)c1ccc(Cc2ccc3c(c2O)C(=O)c2ccc(O)c(O)c2C3=O)cc1. The maximum Gasteiger partial charge on any atom is 0.201 e. The molecule has 0 saturated heterocycles. The van der Waals surface area contributed by atoms with Crippen LogP contribution in [-0.2, 0) is 19.4 Å². The van der Waals surface area contributed by atoms with E-state index in [9.17, 15) is 34.5 Å². The molecule has 7 aromatic carbocycles. The van der Waals surface area contributed by atoms with Gasteiger partial charge in [-0.25, -0.2) is 9.56 Å².